The molecule has 0 bridgehead atoms. The molecule has 0 amide bonds. The first-order chi connectivity index (χ1) is 9.26. The number of nitro benzene ring substituents is 1. The minimum absolute atomic E-state index is 0.0672. The molecule has 0 radical (unpaired) electrons. The molecule has 20 heavy (non-hydrogen) atoms. The number of rotatable bonds is 6. The monoisotopic (exact) mass is 281 g/mol. The minimum Gasteiger partial charge on any atom is -0.361 e. The van der Waals surface area contributed by atoms with Gasteiger partial charge in [0.15, 0.2) is 0 Å². The first-order valence-electron chi connectivity index (χ1n) is 6.01. The Morgan fingerprint density at radius 1 is 1.60 bits per heavy atom. The van der Waals surface area contributed by atoms with Gasteiger partial charge in [0.25, 0.3) is 5.69 Å². The van der Waals surface area contributed by atoms with E-state index < -0.39 is 22.4 Å². The summed E-state index contributed by atoms with van der Waals surface area (Å²) in [5.74, 6) is -0.595. The number of halogens is 1. The van der Waals surface area contributed by atoms with Crippen LogP contribution in [0.5, 0.6) is 0 Å². The second kappa shape index (κ2) is 6.41. The van der Waals surface area contributed by atoms with Crippen LogP contribution in [0.3, 0.4) is 0 Å². The molecule has 0 spiro atoms. The molecule has 0 aliphatic carbocycles. The van der Waals surface area contributed by atoms with Crippen molar-refractivity contribution >= 4 is 5.69 Å². The largest absolute Gasteiger partial charge is 0.361 e. The summed E-state index contributed by atoms with van der Waals surface area (Å²) in [6, 6.07) is 4.46. The molecule has 0 saturated carbocycles. The van der Waals surface area contributed by atoms with Gasteiger partial charge in [0.05, 0.1) is 17.6 Å². The van der Waals surface area contributed by atoms with Crippen LogP contribution in [-0.2, 0) is 4.74 Å². The average molecular weight is 281 g/mol. The number of nitrogens with zero attached hydrogens (tertiary/aromatic N) is 2. The fourth-order valence-corrected chi connectivity index (χ4v) is 1.56. The minimum atomic E-state index is -0.944. The van der Waals surface area contributed by atoms with Crippen molar-refractivity contribution < 1.29 is 14.1 Å². The summed E-state index contributed by atoms with van der Waals surface area (Å²) in [7, 11) is 0. The summed E-state index contributed by atoms with van der Waals surface area (Å²) < 4.78 is 18.9. The van der Waals surface area contributed by atoms with E-state index in [9.17, 15) is 14.5 Å². The Labute approximate surface area is 116 Å². The van der Waals surface area contributed by atoms with Gasteiger partial charge >= 0.3 is 0 Å². The van der Waals surface area contributed by atoms with Crippen LogP contribution < -0.4 is 5.73 Å². The fraction of sp³-hybridized carbons (Fsp3) is 0.462. The molecule has 0 saturated heterocycles. The molecular weight excluding hydrogens is 265 g/mol. The summed E-state index contributed by atoms with van der Waals surface area (Å²) in [4.78, 5) is 10.0. The Morgan fingerprint density at radius 3 is 2.80 bits per heavy atom. The quantitative estimate of drug-likeness (QED) is 0.637. The van der Waals surface area contributed by atoms with Crippen LogP contribution in [-0.4, -0.2) is 17.1 Å². The predicted molar refractivity (Wildman–Crippen MR) is 70.2 cm³/mol. The highest BCUT2D eigenvalue weighted by molar-refractivity contribution is 5.36. The first kappa shape index (κ1) is 16.0. The lowest BCUT2D eigenvalue weighted by molar-refractivity contribution is -0.385. The van der Waals surface area contributed by atoms with Gasteiger partial charge in [-0.05, 0) is 26.3 Å². The van der Waals surface area contributed by atoms with Crippen molar-refractivity contribution in [1.82, 2.24) is 0 Å². The standard InChI is InChI=1S/C13H16FN3O3/c1-13(2,8-15)20-6-5-12(16)10-7-9(17(18)19)3-4-11(10)14/h3-4,7,12H,5-6,16H2,1-2H3. The molecule has 0 fully saturated rings. The van der Waals surface area contributed by atoms with E-state index in [-0.39, 0.29) is 24.3 Å². The number of hydrogen-bond donors (Lipinski definition) is 1. The molecule has 0 aliphatic heterocycles. The molecule has 1 rings (SSSR count). The highest BCUT2D eigenvalue weighted by Gasteiger charge is 2.20. The van der Waals surface area contributed by atoms with E-state index in [1.54, 1.807) is 13.8 Å². The predicted octanol–water partition coefficient (Wildman–Crippen LogP) is 2.44. The molecule has 1 aromatic rings. The highest BCUT2D eigenvalue weighted by Crippen LogP contribution is 2.23. The topological polar surface area (TPSA) is 102 Å². The summed E-state index contributed by atoms with van der Waals surface area (Å²) in [6.45, 7) is 3.36. The molecule has 0 heterocycles. The zero-order valence-corrected chi connectivity index (χ0v) is 11.3. The van der Waals surface area contributed by atoms with E-state index in [0.29, 0.717) is 0 Å². The van der Waals surface area contributed by atoms with Crippen LogP contribution in [0.4, 0.5) is 10.1 Å². The van der Waals surface area contributed by atoms with Crippen LogP contribution in [0.25, 0.3) is 0 Å². The second-order valence-electron chi connectivity index (χ2n) is 4.83. The maximum atomic E-state index is 13.6. The van der Waals surface area contributed by atoms with E-state index >= 15 is 0 Å². The van der Waals surface area contributed by atoms with Crippen molar-refractivity contribution in [2.45, 2.75) is 31.9 Å². The highest BCUT2D eigenvalue weighted by atomic mass is 19.1. The molecule has 0 aromatic heterocycles. The summed E-state index contributed by atoms with van der Waals surface area (Å²) in [5.41, 5.74) is 4.72. The van der Waals surface area contributed by atoms with Gasteiger partial charge in [-0.25, -0.2) is 4.39 Å². The molecule has 0 aliphatic rings. The Kier molecular flexibility index (Phi) is 5.13. The smallest absolute Gasteiger partial charge is 0.269 e. The first-order valence-corrected chi connectivity index (χ1v) is 6.01. The van der Waals surface area contributed by atoms with Gasteiger partial charge in [0.1, 0.15) is 11.4 Å². The number of nitriles is 1. The molecule has 2 N–H and O–H groups in total. The Balaban J connectivity index is 2.73. The van der Waals surface area contributed by atoms with Gasteiger partial charge in [-0.1, -0.05) is 0 Å². The van der Waals surface area contributed by atoms with Crippen molar-refractivity contribution in [2.24, 2.45) is 5.73 Å². The van der Waals surface area contributed by atoms with Crippen molar-refractivity contribution in [3.05, 3.63) is 39.7 Å². The lowest BCUT2D eigenvalue weighted by Gasteiger charge is -2.18. The zero-order valence-electron chi connectivity index (χ0n) is 11.3. The van der Waals surface area contributed by atoms with Crippen LogP contribution >= 0.6 is 0 Å². The van der Waals surface area contributed by atoms with Gasteiger partial charge in [-0.2, -0.15) is 5.26 Å². The maximum Gasteiger partial charge on any atom is 0.269 e. The van der Waals surface area contributed by atoms with Crippen LogP contribution in [0.2, 0.25) is 0 Å². The third-order valence-electron chi connectivity index (χ3n) is 2.75. The Morgan fingerprint density at radius 2 is 2.25 bits per heavy atom. The van der Waals surface area contributed by atoms with Crippen LogP contribution in [0.1, 0.15) is 31.9 Å². The lowest BCUT2D eigenvalue weighted by atomic mass is 10.0. The van der Waals surface area contributed by atoms with E-state index in [0.717, 1.165) is 18.2 Å². The maximum absolute atomic E-state index is 13.6. The Bertz CT molecular complexity index is 540. The summed E-state index contributed by atoms with van der Waals surface area (Å²) in [6.07, 6.45) is 0.253. The van der Waals surface area contributed by atoms with Crippen molar-refractivity contribution in [2.75, 3.05) is 6.61 Å². The van der Waals surface area contributed by atoms with E-state index in [1.807, 2.05) is 6.07 Å². The second-order valence-corrected chi connectivity index (χ2v) is 4.83. The van der Waals surface area contributed by atoms with Crippen molar-refractivity contribution in [3.8, 4) is 6.07 Å². The lowest BCUT2D eigenvalue weighted by Crippen LogP contribution is -2.24. The number of nitrogens with two attached hydrogens (primary N) is 1. The van der Waals surface area contributed by atoms with Crippen LogP contribution in [0.15, 0.2) is 18.2 Å². The number of nitro groups is 1. The van der Waals surface area contributed by atoms with Gasteiger partial charge in [-0.15, -0.1) is 0 Å². The molecule has 1 unspecified atom stereocenters. The third kappa shape index (κ3) is 4.26. The van der Waals surface area contributed by atoms with Crippen LogP contribution in [0, 0.1) is 27.3 Å². The van der Waals surface area contributed by atoms with E-state index in [2.05, 4.69) is 0 Å². The third-order valence-corrected chi connectivity index (χ3v) is 2.75. The molecule has 1 aromatic carbocycles. The number of hydrogen-bond acceptors (Lipinski definition) is 5. The van der Waals surface area contributed by atoms with Gasteiger partial charge in [0.2, 0.25) is 0 Å². The molecular formula is C13H16FN3O3. The molecule has 108 valence electrons. The van der Waals surface area contributed by atoms with E-state index in [1.165, 1.54) is 0 Å². The average Bonchev–Trinajstić information content (AvgIpc) is 2.38. The number of benzene rings is 1. The van der Waals surface area contributed by atoms with Gasteiger partial charge in [-0.3, -0.25) is 10.1 Å². The van der Waals surface area contributed by atoms with Gasteiger partial charge < -0.3 is 10.5 Å². The molecule has 6 nitrogen and oxygen atoms in total. The number of ether oxygens (including phenoxy) is 1. The van der Waals surface area contributed by atoms with E-state index in [4.69, 9.17) is 15.7 Å². The van der Waals surface area contributed by atoms with Crippen molar-refractivity contribution in [3.63, 3.8) is 0 Å². The fourth-order valence-electron chi connectivity index (χ4n) is 1.56. The van der Waals surface area contributed by atoms with Crippen molar-refractivity contribution in [1.29, 1.82) is 5.26 Å². The summed E-state index contributed by atoms with van der Waals surface area (Å²) >= 11 is 0. The zero-order chi connectivity index (χ0) is 15.3. The Hall–Kier alpha value is -2.04. The SMILES string of the molecule is CC(C)(C#N)OCCC(N)c1cc([N+](=O)[O-])ccc1F. The molecule has 1 atom stereocenters. The summed E-state index contributed by atoms with van der Waals surface area (Å²) in [5, 5.41) is 19.4. The van der Waals surface area contributed by atoms with Gasteiger partial charge in [0, 0.05) is 23.7 Å². The molecule has 7 heteroatoms. The number of non-ortho nitro benzene ring substituents is 1. The normalized spacial score (nSPS) is 12.8.